The number of rotatable bonds is 2. The molecule has 4 nitrogen and oxygen atoms in total. The fraction of sp³-hybridized carbons (Fsp3) is 0.533. The number of nitrogens with zero attached hydrogens (tertiary/aromatic N) is 1. The van der Waals surface area contributed by atoms with Crippen LogP contribution in [-0.4, -0.2) is 43.4 Å². The number of carbonyl (C=O) groups is 1. The van der Waals surface area contributed by atoms with Crippen LogP contribution in [0.25, 0.3) is 0 Å². The van der Waals surface area contributed by atoms with Crippen molar-refractivity contribution in [3.05, 3.63) is 34.6 Å². The highest BCUT2D eigenvalue weighted by Gasteiger charge is 2.32. The Kier molecular flexibility index (Phi) is 4.42. The van der Waals surface area contributed by atoms with Crippen molar-refractivity contribution < 1.29 is 18.7 Å². The second-order valence-corrected chi connectivity index (χ2v) is 5.77. The molecule has 0 radical (unpaired) electrons. The number of benzene rings is 1. The summed E-state index contributed by atoms with van der Waals surface area (Å²) in [5.74, 6) is -0.252. The molecule has 1 amide bonds. The molecule has 2 heterocycles. The lowest BCUT2D eigenvalue weighted by Crippen LogP contribution is -2.41. The van der Waals surface area contributed by atoms with Crippen molar-refractivity contribution in [1.82, 2.24) is 4.90 Å². The fourth-order valence-corrected chi connectivity index (χ4v) is 3.10. The highest BCUT2D eigenvalue weighted by atomic mass is 35.5. The molecule has 3 rings (SSSR count). The van der Waals surface area contributed by atoms with Crippen LogP contribution in [0.4, 0.5) is 4.39 Å². The van der Waals surface area contributed by atoms with Crippen LogP contribution in [0, 0.1) is 11.7 Å². The van der Waals surface area contributed by atoms with Gasteiger partial charge in [0.25, 0.3) is 5.91 Å². The highest BCUT2D eigenvalue weighted by molar-refractivity contribution is 6.33. The minimum Gasteiger partial charge on any atom is -0.350 e. The first kappa shape index (κ1) is 14.8. The molecular weight excluding hydrogens is 297 g/mol. The van der Waals surface area contributed by atoms with Crippen molar-refractivity contribution in [2.45, 2.75) is 19.1 Å². The van der Waals surface area contributed by atoms with Crippen molar-refractivity contribution in [1.29, 1.82) is 0 Å². The first-order chi connectivity index (χ1) is 10.1. The summed E-state index contributed by atoms with van der Waals surface area (Å²) >= 11 is 5.95. The van der Waals surface area contributed by atoms with E-state index in [1.54, 1.807) is 4.90 Å². The van der Waals surface area contributed by atoms with Gasteiger partial charge < -0.3 is 14.4 Å². The SMILES string of the molecule is O=C(c1ccc(F)cc1Cl)N1CCC(C2OCCO2)CC1. The summed E-state index contributed by atoms with van der Waals surface area (Å²) in [5.41, 5.74) is 0.352. The third-order valence-corrected chi connectivity index (χ3v) is 4.33. The van der Waals surface area contributed by atoms with Crippen LogP contribution in [0.3, 0.4) is 0 Å². The standard InChI is InChI=1S/C15H17ClFNO3/c16-13-9-11(17)1-2-12(13)14(19)18-5-3-10(4-6-18)15-20-7-8-21-15/h1-2,9-10,15H,3-8H2. The van der Waals surface area contributed by atoms with Gasteiger partial charge in [0.05, 0.1) is 23.8 Å². The number of hydrogen-bond acceptors (Lipinski definition) is 3. The van der Waals surface area contributed by atoms with Gasteiger partial charge in [-0.2, -0.15) is 0 Å². The van der Waals surface area contributed by atoms with Gasteiger partial charge in [-0.1, -0.05) is 11.6 Å². The Labute approximate surface area is 127 Å². The lowest BCUT2D eigenvalue weighted by atomic mass is 9.95. The number of likely N-dealkylation sites (tertiary alicyclic amines) is 1. The predicted octanol–water partition coefficient (Wildman–Crippen LogP) is 2.70. The molecule has 1 aromatic carbocycles. The molecule has 2 saturated heterocycles. The highest BCUT2D eigenvalue weighted by Crippen LogP contribution is 2.27. The Bertz CT molecular complexity index is 526. The van der Waals surface area contributed by atoms with Gasteiger partial charge in [0.15, 0.2) is 6.29 Å². The predicted molar refractivity (Wildman–Crippen MR) is 75.7 cm³/mol. The average molecular weight is 314 g/mol. The van der Waals surface area contributed by atoms with Crippen LogP contribution in [0.1, 0.15) is 23.2 Å². The lowest BCUT2D eigenvalue weighted by molar-refractivity contribution is -0.0956. The summed E-state index contributed by atoms with van der Waals surface area (Å²) in [6.45, 7) is 2.57. The van der Waals surface area contributed by atoms with Gasteiger partial charge in [0.1, 0.15) is 5.82 Å². The van der Waals surface area contributed by atoms with E-state index in [0.29, 0.717) is 37.8 Å². The molecular formula is C15H17ClFNO3. The maximum Gasteiger partial charge on any atom is 0.255 e. The molecule has 0 unspecified atom stereocenters. The molecule has 1 aromatic rings. The van der Waals surface area contributed by atoms with E-state index in [1.165, 1.54) is 18.2 Å². The van der Waals surface area contributed by atoms with Gasteiger partial charge >= 0.3 is 0 Å². The Morgan fingerprint density at radius 1 is 1.24 bits per heavy atom. The largest absolute Gasteiger partial charge is 0.350 e. The number of halogens is 2. The van der Waals surface area contributed by atoms with E-state index < -0.39 is 5.82 Å². The zero-order valence-corrected chi connectivity index (χ0v) is 12.3. The van der Waals surface area contributed by atoms with E-state index in [1.807, 2.05) is 0 Å². The van der Waals surface area contributed by atoms with Crippen molar-refractivity contribution >= 4 is 17.5 Å². The molecule has 6 heteroatoms. The number of amides is 1. The molecule has 2 aliphatic rings. The van der Waals surface area contributed by atoms with Crippen molar-refractivity contribution in [2.24, 2.45) is 5.92 Å². The summed E-state index contributed by atoms with van der Waals surface area (Å²) in [6.07, 6.45) is 1.56. The van der Waals surface area contributed by atoms with Crippen LogP contribution in [0.15, 0.2) is 18.2 Å². The Hall–Kier alpha value is -1.17. The maximum absolute atomic E-state index is 13.0. The van der Waals surface area contributed by atoms with E-state index in [0.717, 1.165) is 12.8 Å². The van der Waals surface area contributed by atoms with E-state index in [-0.39, 0.29) is 17.2 Å². The molecule has 0 aromatic heterocycles. The normalized spacial score (nSPS) is 21.0. The van der Waals surface area contributed by atoms with Crippen molar-refractivity contribution in [3.63, 3.8) is 0 Å². The van der Waals surface area contributed by atoms with Gasteiger partial charge in [-0.05, 0) is 31.0 Å². The first-order valence-corrected chi connectivity index (χ1v) is 7.50. The minimum atomic E-state index is -0.439. The number of piperidine rings is 1. The summed E-state index contributed by atoms with van der Waals surface area (Å²) in [6, 6.07) is 3.86. The molecule has 0 aliphatic carbocycles. The second-order valence-electron chi connectivity index (χ2n) is 5.36. The van der Waals surface area contributed by atoms with Gasteiger partial charge in [0.2, 0.25) is 0 Å². The molecule has 0 spiro atoms. The Morgan fingerprint density at radius 2 is 1.90 bits per heavy atom. The van der Waals surface area contributed by atoms with E-state index in [9.17, 15) is 9.18 Å². The summed E-state index contributed by atoms with van der Waals surface area (Å²) in [5, 5.41) is 0.157. The topological polar surface area (TPSA) is 38.8 Å². The van der Waals surface area contributed by atoms with E-state index in [4.69, 9.17) is 21.1 Å². The van der Waals surface area contributed by atoms with Gasteiger partial charge in [-0.3, -0.25) is 4.79 Å². The van der Waals surface area contributed by atoms with Gasteiger partial charge in [0, 0.05) is 19.0 Å². The van der Waals surface area contributed by atoms with E-state index in [2.05, 4.69) is 0 Å². The monoisotopic (exact) mass is 313 g/mol. The van der Waals surface area contributed by atoms with E-state index >= 15 is 0 Å². The molecule has 0 bridgehead atoms. The third kappa shape index (κ3) is 3.20. The number of carbonyl (C=O) groups excluding carboxylic acids is 1. The molecule has 114 valence electrons. The second kappa shape index (κ2) is 6.30. The van der Waals surface area contributed by atoms with Gasteiger partial charge in [-0.25, -0.2) is 4.39 Å². The Morgan fingerprint density at radius 3 is 2.52 bits per heavy atom. The van der Waals surface area contributed by atoms with Crippen LogP contribution >= 0.6 is 11.6 Å². The molecule has 2 fully saturated rings. The Balaban J connectivity index is 1.62. The first-order valence-electron chi connectivity index (χ1n) is 7.12. The minimum absolute atomic E-state index is 0.128. The molecule has 21 heavy (non-hydrogen) atoms. The molecule has 0 saturated carbocycles. The quantitative estimate of drug-likeness (QED) is 0.842. The van der Waals surface area contributed by atoms with Crippen LogP contribution in [0.2, 0.25) is 5.02 Å². The summed E-state index contributed by atoms with van der Waals surface area (Å²) < 4.78 is 24.1. The van der Waals surface area contributed by atoms with Crippen LogP contribution < -0.4 is 0 Å². The smallest absolute Gasteiger partial charge is 0.255 e. The van der Waals surface area contributed by atoms with Gasteiger partial charge in [-0.15, -0.1) is 0 Å². The fourth-order valence-electron chi connectivity index (χ4n) is 2.86. The summed E-state index contributed by atoms with van der Waals surface area (Å²) in [7, 11) is 0. The average Bonchev–Trinajstić information content (AvgIpc) is 3.01. The third-order valence-electron chi connectivity index (χ3n) is 4.02. The molecule has 0 N–H and O–H groups in total. The van der Waals surface area contributed by atoms with Crippen LogP contribution in [-0.2, 0) is 9.47 Å². The van der Waals surface area contributed by atoms with Crippen molar-refractivity contribution in [2.75, 3.05) is 26.3 Å². The van der Waals surface area contributed by atoms with Crippen molar-refractivity contribution in [3.8, 4) is 0 Å². The molecule has 2 aliphatic heterocycles. The molecule has 0 atom stereocenters. The van der Waals surface area contributed by atoms with Crippen LogP contribution in [0.5, 0.6) is 0 Å². The summed E-state index contributed by atoms with van der Waals surface area (Å²) in [4.78, 5) is 14.2. The zero-order valence-electron chi connectivity index (χ0n) is 11.6. The maximum atomic E-state index is 13.0. The lowest BCUT2D eigenvalue weighted by Gasteiger charge is -2.34. The zero-order chi connectivity index (χ0) is 14.8. The number of ether oxygens (including phenoxy) is 2. The number of hydrogen-bond donors (Lipinski definition) is 0.